The summed E-state index contributed by atoms with van der Waals surface area (Å²) in [5.41, 5.74) is 0. The van der Waals surface area contributed by atoms with Crippen molar-refractivity contribution in [2.75, 3.05) is 39.5 Å². The largest absolute Gasteiger partial charge is 0.484 e. The summed E-state index contributed by atoms with van der Waals surface area (Å²) in [6.07, 6.45) is 0. The summed E-state index contributed by atoms with van der Waals surface area (Å²) in [6, 6.07) is 21.2. The minimum Gasteiger partial charge on any atom is -0.484 e. The second-order valence-corrected chi connectivity index (χ2v) is 8.14. The number of carbonyl (C=O) groups is 1. The molecule has 7 heteroatoms. The van der Waals surface area contributed by atoms with Crippen LogP contribution in [-0.4, -0.2) is 50.3 Å². The zero-order valence-electron chi connectivity index (χ0n) is 17.2. The summed E-state index contributed by atoms with van der Waals surface area (Å²) < 4.78 is 16.9. The van der Waals surface area contributed by atoms with Gasteiger partial charge in [-0.3, -0.25) is 9.69 Å². The minimum absolute atomic E-state index is 0.0286. The van der Waals surface area contributed by atoms with Crippen molar-refractivity contribution >= 4 is 17.2 Å². The molecule has 0 spiro atoms. The molecule has 6 nitrogen and oxygen atoms in total. The Morgan fingerprint density at radius 3 is 2.39 bits per heavy atom. The van der Waals surface area contributed by atoms with Crippen LogP contribution in [0.3, 0.4) is 0 Å². The maximum absolute atomic E-state index is 12.4. The standard InChI is InChI=1S/C24H26N2O4S/c27-24(25-17-22(23-7-4-16-31-23)26-12-14-28-15-13-26)18-29-19-8-10-21(11-9-19)30-20-5-2-1-3-6-20/h1-11,16,22H,12-15,17-18H2,(H,25,27)/t22-/m1/s1. The molecule has 0 unspecified atom stereocenters. The first-order valence-electron chi connectivity index (χ1n) is 10.4. The second kappa shape index (κ2) is 10.9. The molecule has 0 radical (unpaired) electrons. The summed E-state index contributed by atoms with van der Waals surface area (Å²) in [4.78, 5) is 16.0. The van der Waals surface area contributed by atoms with E-state index >= 15 is 0 Å². The highest BCUT2D eigenvalue weighted by Crippen LogP contribution is 2.26. The van der Waals surface area contributed by atoms with Crippen molar-refractivity contribution in [3.8, 4) is 17.2 Å². The minimum atomic E-state index is -0.139. The van der Waals surface area contributed by atoms with Gasteiger partial charge in [0.25, 0.3) is 5.91 Å². The third kappa shape index (κ3) is 6.30. The van der Waals surface area contributed by atoms with Crippen molar-refractivity contribution in [2.24, 2.45) is 0 Å². The first-order valence-corrected chi connectivity index (χ1v) is 11.2. The van der Waals surface area contributed by atoms with Crippen molar-refractivity contribution in [3.63, 3.8) is 0 Å². The third-order valence-corrected chi connectivity index (χ3v) is 6.00. The Balaban J connectivity index is 1.25. The Morgan fingerprint density at radius 2 is 1.68 bits per heavy atom. The van der Waals surface area contributed by atoms with E-state index in [0.717, 1.165) is 32.1 Å². The van der Waals surface area contributed by atoms with Crippen LogP contribution in [0.15, 0.2) is 72.1 Å². The highest BCUT2D eigenvalue weighted by atomic mass is 32.1. The van der Waals surface area contributed by atoms with Crippen molar-refractivity contribution in [1.29, 1.82) is 0 Å². The van der Waals surface area contributed by atoms with Crippen molar-refractivity contribution in [1.82, 2.24) is 10.2 Å². The van der Waals surface area contributed by atoms with Gasteiger partial charge in [-0.2, -0.15) is 0 Å². The topological polar surface area (TPSA) is 60.0 Å². The van der Waals surface area contributed by atoms with E-state index in [4.69, 9.17) is 14.2 Å². The van der Waals surface area contributed by atoms with Crippen LogP contribution in [-0.2, 0) is 9.53 Å². The fraction of sp³-hybridized carbons (Fsp3) is 0.292. The van der Waals surface area contributed by atoms with Crippen LogP contribution >= 0.6 is 11.3 Å². The van der Waals surface area contributed by atoms with Crippen LogP contribution < -0.4 is 14.8 Å². The number of hydrogen-bond acceptors (Lipinski definition) is 6. The normalized spacial score (nSPS) is 15.2. The molecule has 0 aliphatic carbocycles. The molecule has 0 saturated carbocycles. The van der Waals surface area contributed by atoms with Gasteiger partial charge in [0.2, 0.25) is 0 Å². The lowest BCUT2D eigenvalue weighted by atomic mass is 10.2. The Kier molecular flexibility index (Phi) is 7.55. The van der Waals surface area contributed by atoms with E-state index in [-0.39, 0.29) is 18.6 Å². The number of thiophene rings is 1. The summed E-state index contributed by atoms with van der Waals surface area (Å²) in [7, 11) is 0. The fourth-order valence-electron chi connectivity index (χ4n) is 3.42. The third-order valence-electron chi connectivity index (χ3n) is 5.02. The molecule has 0 bridgehead atoms. The van der Waals surface area contributed by atoms with Gasteiger partial charge in [-0.15, -0.1) is 11.3 Å². The first-order chi connectivity index (χ1) is 15.3. The molecule has 162 valence electrons. The molecule has 1 fully saturated rings. The van der Waals surface area contributed by atoms with E-state index in [1.54, 1.807) is 23.5 Å². The maximum atomic E-state index is 12.4. The molecule has 2 aromatic carbocycles. The number of nitrogens with one attached hydrogen (secondary N) is 1. The summed E-state index contributed by atoms with van der Waals surface area (Å²) >= 11 is 1.71. The lowest BCUT2D eigenvalue weighted by Gasteiger charge is -2.34. The van der Waals surface area contributed by atoms with Crippen LogP contribution in [0.25, 0.3) is 0 Å². The van der Waals surface area contributed by atoms with E-state index in [2.05, 4.69) is 21.7 Å². The van der Waals surface area contributed by atoms with Gasteiger partial charge < -0.3 is 19.5 Å². The van der Waals surface area contributed by atoms with Crippen LogP contribution in [0.5, 0.6) is 17.2 Å². The molecular weight excluding hydrogens is 412 g/mol. The highest BCUT2D eigenvalue weighted by Gasteiger charge is 2.24. The smallest absolute Gasteiger partial charge is 0.258 e. The maximum Gasteiger partial charge on any atom is 0.258 e. The van der Waals surface area contributed by atoms with Crippen LogP contribution in [0.2, 0.25) is 0 Å². The van der Waals surface area contributed by atoms with E-state index in [9.17, 15) is 4.79 Å². The number of para-hydroxylation sites is 1. The van der Waals surface area contributed by atoms with Gasteiger partial charge in [0.05, 0.1) is 19.3 Å². The predicted octanol–water partition coefficient (Wildman–Crippen LogP) is 4.11. The number of benzene rings is 2. The van der Waals surface area contributed by atoms with Crippen LogP contribution in [0.1, 0.15) is 10.9 Å². The number of morpholine rings is 1. The molecular formula is C24H26N2O4S. The van der Waals surface area contributed by atoms with Gasteiger partial charge in [-0.1, -0.05) is 24.3 Å². The number of carbonyl (C=O) groups excluding carboxylic acids is 1. The molecule has 1 amide bonds. The number of amides is 1. The monoisotopic (exact) mass is 438 g/mol. The van der Waals surface area contributed by atoms with E-state index in [1.807, 2.05) is 48.5 Å². The Morgan fingerprint density at radius 1 is 0.968 bits per heavy atom. The Hall–Kier alpha value is -2.87. The molecule has 31 heavy (non-hydrogen) atoms. The summed E-state index contributed by atoms with van der Waals surface area (Å²) in [6.45, 7) is 3.70. The molecule has 4 rings (SSSR count). The van der Waals surface area contributed by atoms with E-state index in [0.29, 0.717) is 18.0 Å². The Bertz CT molecular complexity index is 926. The molecule has 1 aliphatic rings. The van der Waals surface area contributed by atoms with Crippen molar-refractivity contribution in [2.45, 2.75) is 6.04 Å². The molecule has 2 heterocycles. The molecule has 1 atom stereocenters. The molecule has 1 aliphatic heterocycles. The van der Waals surface area contributed by atoms with Gasteiger partial charge in [0.1, 0.15) is 17.2 Å². The lowest BCUT2D eigenvalue weighted by molar-refractivity contribution is -0.123. The van der Waals surface area contributed by atoms with E-state index < -0.39 is 0 Å². The average Bonchev–Trinajstić information content (AvgIpc) is 3.35. The van der Waals surface area contributed by atoms with Crippen molar-refractivity contribution in [3.05, 3.63) is 77.0 Å². The second-order valence-electron chi connectivity index (χ2n) is 7.16. The molecule has 1 N–H and O–H groups in total. The van der Waals surface area contributed by atoms with Gasteiger partial charge in [0.15, 0.2) is 6.61 Å². The number of nitrogens with zero attached hydrogens (tertiary/aromatic N) is 1. The predicted molar refractivity (Wildman–Crippen MR) is 121 cm³/mol. The van der Waals surface area contributed by atoms with Crippen LogP contribution in [0, 0.1) is 0 Å². The van der Waals surface area contributed by atoms with Crippen molar-refractivity contribution < 1.29 is 19.0 Å². The molecule has 1 saturated heterocycles. The van der Waals surface area contributed by atoms with E-state index in [1.165, 1.54) is 4.88 Å². The Labute approximate surface area is 186 Å². The zero-order chi connectivity index (χ0) is 21.3. The lowest BCUT2D eigenvalue weighted by Crippen LogP contribution is -2.44. The number of hydrogen-bond donors (Lipinski definition) is 1. The SMILES string of the molecule is O=C(COc1ccc(Oc2ccccc2)cc1)NC[C@H](c1cccs1)N1CCOCC1. The number of ether oxygens (including phenoxy) is 3. The van der Waals surface area contributed by atoms with Gasteiger partial charge >= 0.3 is 0 Å². The molecule has 3 aromatic rings. The average molecular weight is 439 g/mol. The van der Waals surface area contributed by atoms with Gasteiger partial charge in [-0.25, -0.2) is 0 Å². The molecule has 1 aromatic heterocycles. The van der Waals surface area contributed by atoms with Gasteiger partial charge in [-0.05, 0) is 47.8 Å². The highest BCUT2D eigenvalue weighted by molar-refractivity contribution is 7.10. The summed E-state index contributed by atoms with van der Waals surface area (Å²) in [5, 5.41) is 5.09. The van der Waals surface area contributed by atoms with Gasteiger partial charge in [0, 0.05) is 24.5 Å². The first kappa shape index (κ1) is 21.4. The summed E-state index contributed by atoms with van der Waals surface area (Å²) in [5.74, 6) is 1.97. The number of rotatable bonds is 9. The zero-order valence-corrected chi connectivity index (χ0v) is 18.1. The van der Waals surface area contributed by atoms with Crippen LogP contribution in [0.4, 0.5) is 0 Å². The quantitative estimate of drug-likeness (QED) is 0.545. The fourth-order valence-corrected chi connectivity index (χ4v) is 4.28.